The number of hydrogen-bond donors (Lipinski definition) is 1. The Morgan fingerprint density at radius 1 is 1.00 bits per heavy atom. The molecule has 0 aliphatic rings. The lowest BCUT2D eigenvalue weighted by molar-refractivity contribution is -0.137. The Labute approximate surface area is 188 Å². The van der Waals surface area contributed by atoms with Crippen LogP contribution in [0.25, 0.3) is 0 Å². The molecule has 0 unspecified atom stereocenters. The molecule has 0 atom stereocenters. The van der Waals surface area contributed by atoms with E-state index in [2.05, 4.69) is 5.32 Å². The van der Waals surface area contributed by atoms with E-state index in [-0.39, 0.29) is 17.0 Å². The standard InChI is InChI=1S/C22H18ClF3N2O3S/c1-28(32(30,31)20-11-7-18(23)8-12-20)19-9-5-16(6-10-19)21(29)27-14-15-3-2-4-17(13-15)22(24,25)26/h2-13H,14H2,1H3,(H,27,29). The van der Waals surface area contributed by atoms with Gasteiger partial charge in [-0.2, -0.15) is 13.2 Å². The normalized spacial score (nSPS) is 11.8. The molecule has 0 heterocycles. The summed E-state index contributed by atoms with van der Waals surface area (Å²) in [5.74, 6) is -0.503. The Balaban J connectivity index is 1.68. The van der Waals surface area contributed by atoms with E-state index >= 15 is 0 Å². The van der Waals surface area contributed by atoms with Gasteiger partial charge in [-0.25, -0.2) is 8.42 Å². The van der Waals surface area contributed by atoms with Crippen molar-refractivity contribution in [1.29, 1.82) is 0 Å². The van der Waals surface area contributed by atoms with Crippen LogP contribution in [0.2, 0.25) is 5.02 Å². The number of rotatable bonds is 6. The molecule has 3 rings (SSSR count). The van der Waals surface area contributed by atoms with Crippen molar-refractivity contribution in [2.24, 2.45) is 0 Å². The van der Waals surface area contributed by atoms with Gasteiger partial charge >= 0.3 is 6.18 Å². The molecule has 1 amide bonds. The van der Waals surface area contributed by atoms with E-state index in [0.29, 0.717) is 16.3 Å². The number of amides is 1. The zero-order chi connectivity index (χ0) is 23.5. The zero-order valence-corrected chi connectivity index (χ0v) is 18.3. The third kappa shape index (κ3) is 5.41. The highest BCUT2D eigenvalue weighted by Gasteiger charge is 2.30. The molecule has 0 fully saturated rings. The third-order valence-electron chi connectivity index (χ3n) is 4.67. The molecular formula is C22H18ClF3N2O3S. The van der Waals surface area contributed by atoms with Crippen molar-refractivity contribution in [3.8, 4) is 0 Å². The van der Waals surface area contributed by atoms with Crippen molar-refractivity contribution < 1.29 is 26.4 Å². The fourth-order valence-electron chi connectivity index (χ4n) is 2.87. The van der Waals surface area contributed by atoms with E-state index in [1.807, 2.05) is 0 Å². The number of nitrogens with zero attached hydrogens (tertiary/aromatic N) is 1. The highest BCUT2D eigenvalue weighted by atomic mass is 35.5. The van der Waals surface area contributed by atoms with E-state index in [4.69, 9.17) is 11.6 Å². The van der Waals surface area contributed by atoms with E-state index in [1.54, 1.807) is 0 Å². The molecule has 3 aromatic rings. The fraction of sp³-hybridized carbons (Fsp3) is 0.136. The Bertz CT molecular complexity index is 1210. The smallest absolute Gasteiger partial charge is 0.348 e. The Hall–Kier alpha value is -3.04. The molecule has 168 valence electrons. The maximum absolute atomic E-state index is 12.8. The molecule has 0 aliphatic heterocycles. The second-order valence-electron chi connectivity index (χ2n) is 6.85. The zero-order valence-electron chi connectivity index (χ0n) is 16.7. The van der Waals surface area contributed by atoms with Gasteiger partial charge in [0, 0.05) is 24.2 Å². The monoisotopic (exact) mass is 482 g/mol. The summed E-state index contributed by atoms with van der Waals surface area (Å²) in [4.78, 5) is 12.4. The number of nitrogens with one attached hydrogen (secondary N) is 1. The van der Waals surface area contributed by atoms with Crippen molar-refractivity contribution in [1.82, 2.24) is 5.32 Å². The summed E-state index contributed by atoms with van der Waals surface area (Å²) < 4.78 is 65.0. The molecule has 1 N–H and O–H groups in total. The van der Waals surface area contributed by atoms with Gasteiger partial charge in [0.2, 0.25) is 0 Å². The molecule has 0 spiro atoms. The van der Waals surface area contributed by atoms with Crippen LogP contribution in [-0.2, 0) is 22.7 Å². The molecule has 3 aromatic carbocycles. The van der Waals surface area contributed by atoms with Crippen LogP contribution in [0.15, 0.2) is 77.7 Å². The first-order valence-corrected chi connectivity index (χ1v) is 11.1. The SMILES string of the molecule is CN(c1ccc(C(=O)NCc2cccc(C(F)(F)F)c2)cc1)S(=O)(=O)c1ccc(Cl)cc1. The molecule has 0 saturated heterocycles. The molecule has 0 bridgehead atoms. The maximum atomic E-state index is 12.8. The minimum Gasteiger partial charge on any atom is -0.348 e. The summed E-state index contributed by atoms with van der Waals surface area (Å²) in [5, 5.41) is 2.96. The molecule has 0 saturated carbocycles. The lowest BCUT2D eigenvalue weighted by atomic mass is 10.1. The number of halogens is 4. The third-order valence-corrected chi connectivity index (χ3v) is 6.72. The highest BCUT2D eigenvalue weighted by Crippen LogP contribution is 2.29. The second-order valence-corrected chi connectivity index (χ2v) is 9.26. The van der Waals surface area contributed by atoms with Gasteiger partial charge in [-0.3, -0.25) is 9.10 Å². The number of carbonyl (C=O) groups is 1. The number of benzene rings is 3. The van der Waals surface area contributed by atoms with Crippen LogP contribution in [0.5, 0.6) is 0 Å². The van der Waals surface area contributed by atoms with Gasteiger partial charge in [-0.05, 0) is 66.2 Å². The van der Waals surface area contributed by atoms with Crippen LogP contribution in [0.1, 0.15) is 21.5 Å². The maximum Gasteiger partial charge on any atom is 0.416 e. The van der Waals surface area contributed by atoms with E-state index in [9.17, 15) is 26.4 Å². The molecule has 0 aromatic heterocycles. The van der Waals surface area contributed by atoms with Crippen LogP contribution < -0.4 is 9.62 Å². The summed E-state index contributed by atoms with van der Waals surface area (Å²) in [5.41, 5.74) is 0.0736. The Morgan fingerprint density at radius 3 is 2.22 bits per heavy atom. The molecule has 0 radical (unpaired) electrons. The van der Waals surface area contributed by atoms with E-state index in [1.165, 1.54) is 67.7 Å². The summed E-state index contributed by atoms with van der Waals surface area (Å²) in [6.45, 7) is -0.0879. The van der Waals surface area contributed by atoms with Crippen molar-refractivity contribution in [3.63, 3.8) is 0 Å². The average molecular weight is 483 g/mol. The van der Waals surface area contributed by atoms with Crippen LogP contribution in [0, 0.1) is 0 Å². The second kappa shape index (κ2) is 9.22. The average Bonchev–Trinajstić information content (AvgIpc) is 2.77. The minimum atomic E-state index is -4.46. The molecule has 0 aliphatic carbocycles. The number of sulfonamides is 1. The van der Waals surface area contributed by atoms with Gasteiger partial charge in [0.1, 0.15) is 0 Å². The predicted molar refractivity (Wildman–Crippen MR) is 116 cm³/mol. The topological polar surface area (TPSA) is 66.5 Å². The summed E-state index contributed by atoms with van der Waals surface area (Å²) in [7, 11) is -2.44. The van der Waals surface area contributed by atoms with Gasteiger partial charge in [-0.1, -0.05) is 23.7 Å². The van der Waals surface area contributed by atoms with Crippen LogP contribution in [0.4, 0.5) is 18.9 Å². The summed E-state index contributed by atoms with van der Waals surface area (Å²) >= 11 is 5.80. The van der Waals surface area contributed by atoms with Gasteiger partial charge in [0.25, 0.3) is 15.9 Å². The first-order valence-electron chi connectivity index (χ1n) is 9.27. The van der Waals surface area contributed by atoms with Crippen molar-refractivity contribution in [2.45, 2.75) is 17.6 Å². The van der Waals surface area contributed by atoms with Gasteiger partial charge in [0.15, 0.2) is 0 Å². The Morgan fingerprint density at radius 2 is 1.62 bits per heavy atom. The van der Waals surface area contributed by atoms with E-state index < -0.39 is 27.7 Å². The predicted octanol–water partition coefficient (Wildman–Crippen LogP) is 5.11. The first-order chi connectivity index (χ1) is 15.0. The first kappa shape index (κ1) is 23.6. The van der Waals surface area contributed by atoms with Crippen LogP contribution in [-0.4, -0.2) is 21.4 Å². The van der Waals surface area contributed by atoms with E-state index in [0.717, 1.165) is 16.4 Å². The summed E-state index contributed by atoms with van der Waals surface area (Å²) in [6, 6.07) is 16.2. The van der Waals surface area contributed by atoms with Crippen molar-refractivity contribution >= 4 is 33.2 Å². The molecule has 5 nitrogen and oxygen atoms in total. The summed E-state index contributed by atoms with van der Waals surface area (Å²) in [6.07, 6.45) is -4.46. The number of anilines is 1. The number of alkyl halides is 3. The number of carbonyl (C=O) groups excluding carboxylic acids is 1. The lowest BCUT2D eigenvalue weighted by Crippen LogP contribution is -2.27. The van der Waals surface area contributed by atoms with Crippen LogP contribution >= 0.6 is 11.6 Å². The fourth-order valence-corrected chi connectivity index (χ4v) is 4.19. The quantitative estimate of drug-likeness (QED) is 0.530. The van der Waals surface area contributed by atoms with Crippen molar-refractivity contribution in [2.75, 3.05) is 11.4 Å². The molecule has 32 heavy (non-hydrogen) atoms. The highest BCUT2D eigenvalue weighted by molar-refractivity contribution is 7.92. The van der Waals surface area contributed by atoms with Gasteiger partial charge in [-0.15, -0.1) is 0 Å². The van der Waals surface area contributed by atoms with Gasteiger partial charge < -0.3 is 5.32 Å². The number of hydrogen-bond acceptors (Lipinski definition) is 3. The van der Waals surface area contributed by atoms with Gasteiger partial charge in [0.05, 0.1) is 16.1 Å². The van der Waals surface area contributed by atoms with Crippen molar-refractivity contribution in [3.05, 3.63) is 94.5 Å². The Kier molecular flexibility index (Phi) is 6.80. The molecule has 10 heteroatoms. The lowest BCUT2D eigenvalue weighted by Gasteiger charge is -2.20. The minimum absolute atomic E-state index is 0.0623. The molecular weight excluding hydrogens is 465 g/mol. The largest absolute Gasteiger partial charge is 0.416 e. The van der Waals surface area contributed by atoms with Crippen LogP contribution in [0.3, 0.4) is 0 Å².